The highest BCUT2D eigenvalue weighted by molar-refractivity contribution is 7.12. The molecule has 0 N–H and O–H groups in total. The van der Waals surface area contributed by atoms with Crippen LogP contribution in [-0.4, -0.2) is 25.6 Å². The highest BCUT2D eigenvalue weighted by Gasteiger charge is 2.26. The Morgan fingerprint density at radius 1 is 1.25 bits per heavy atom. The van der Waals surface area contributed by atoms with E-state index in [-0.39, 0.29) is 12.4 Å². The molecule has 1 aromatic heterocycles. The van der Waals surface area contributed by atoms with Gasteiger partial charge in [0.25, 0.3) is 0 Å². The second kappa shape index (κ2) is 6.17. The van der Waals surface area contributed by atoms with Crippen LogP contribution in [0.25, 0.3) is 0 Å². The number of fused-ring (bicyclic) bond motifs is 1. The van der Waals surface area contributed by atoms with Crippen LogP contribution < -0.4 is 4.74 Å². The molecule has 108 valence electrons. The second-order valence-corrected chi connectivity index (χ2v) is 6.60. The topological polar surface area (TPSA) is 12.5 Å². The molecule has 0 amide bonds. The molecule has 0 aliphatic carbocycles. The fraction of sp³-hybridized carbons (Fsp3) is 0.375. The molecule has 20 heavy (non-hydrogen) atoms. The fourth-order valence-electron chi connectivity index (χ4n) is 2.84. The number of hydrogen-bond acceptors (Lipinski definition) is 3. The molecule has 0 saturated heterocycles. The third kappa shape index (κ3) is 2.85. The molecule has 2 heterocycles. The number of rotatable bonds is 2. The van der Waals surface area contributed by atoms with Crippen molar-refractivity contribution in [2.24, 2.45) is 0 Å². The predicted molar refractivity (Wildman–Crippen MR) is 87.5 cm³/mol. The van der Waals surface area contributed by atoms with Crippen LogP contribution >= 0.6 is 23.7 Å². The van der Waals surface area contributed by atoms with Crippen molar-refractivity contribution in [3.63, 3.8) is 0 Å². The van der Waals surface area contributed by atoms with Gasteiger partial charge in [-0.25, -0.2) is 0 Å². The van der Waals surface area contributed by atoms with E-state index in [0.717, 1.165) is 18.8 Å². The molecular weight excluding hydrogens is 290 g/mol. The van der Waals surface area contributed by atoms with E-state index in [1.807, 2.05) is 11.3 Å². The summed E-state index contributed by atoms with van der Waals surface area (Å²) >= 11 is 1.93. The molecule has 1 aliphatic heterocycles. The third-order valence-corrected chi connectivity index (χ3v) is 4.82. The van der Waals surface area contributed by atoms with Crippen LogP contribution in [0.1, 0.15) is 26.8 Å². The Bertz CT molecular complexity index is 579. The number of likely N-dealkylation sites (N-methyl/N-ethyl adjacent to an activating group) is 1. The molecule has 0 fully saturated rings. The minimum atomic E-state index is 0. The Morgan fingerprint density at radius 2 is 1.95 bits per heavy atom. The molecule has 4 heteroatoms. The molecule has 0 bridgehead atoms. The molecule has 0 saturated carbocycles. The normalized spacial score (nSPS) is 18.2. The van der Waals surface area contributed by atoms with Crippen molar-refractivity contribution < 1.29 is 4.74 Å². The minimum Gasteiger partial charge on any atom is -0.497 e. The third-order valence-electron chi connectivity index (χ3n) is 3.77. The Balaban J connectivity index is 0.00000147. The minimum absolute atomic E-state index is 0. The highest BCUT2D eigenvalue weighted by atomic mass is 35.5. The molecule has 1 aromatic carbocycles. The average Bonchev–Trinajstić information content (AvgIpc) is 2.78. The van der Waals surface area contributed by atoms with Crippen LogP contribution in [0.3, 0.4) is 0 Å². The Morgan fingerprint density at radius 3 is 2.60 bits per heavy atom. The lowest BCUT2D eigenvalue weighted by Crippen LogP contribution is -2.29. The number of thiophene rings is 1. The lowest BCUT2D eigenvalue weighted by Gasteiger charge is -2.30. The van der Waals surface area contributed by atoms with Gasteiger partial charge in [0.15, 0.2) is 0 Å². The standard InChI is InChI=1S/C16H19NOS.ClH/c1-11-8-14-15(9-17(2)10-16(14)19-11)12-4-6-13(18-3)7-5-12;/h4-8,15H,9-10H2,1-3H3;1H. The maximum atomic E-state index is 5.24. The van der Waals surface area contributed by atoms with Crippen LogP contribution in [0.15, 0.2) is 30.3 Å². The molecule has 1 unspecified atom stereocenters. The summed E-state index contributed by atoms with van der Waals surface area (Å²) in [6.07, 6.45) is 0. The van der Waals surface area contributed by atoms with Gasteiger partial charge in [0.1, 0.15) is 5.75 Å². The maximum absolute atomic E-state index is 5.24. The largest absolute Gasteiger partial charge is 0.497 e. The van der Waals surface area contributed by atoms with Gasteiger partial charge < -0.3 is 9.64 Å². The number of methoxy groups -OCH3 is 1. The van der Waals surface area contributed by atoms with E-state index >= 15 is 0 Å². The zero-order valence-electron chi connectivity index (χ0n) is 12.1. The number of nitrogens with zero attached hydrogens (tertiary/aromatic N) is 1. The van der Waals surface area contributed by atoms with Gasteiger partial charge in [0, 0.05) is 28.8 Å². The van der Waals surface area contributed by atoms with E-state index in [0.29, 0.717) is 5.92 Å². The average molecular weight is 310 g/mol. The lowest BCUT2D eigenvalue weighted by atomic mass is 9.88. The smallest absolute Gasteiger partial charge is 0.118 e. The zero-order chi connectivity index (χ0) is 13.4. The van der Waals surface area contributed by atoms with E-state index in [4.69, 9.17) is 4.74 Å². The first-order valence-electron chi connectivity index (χ1n) is 6.59. The van der Waals surface area contributed by atoms with Crippen LogP contribution in [0.4, 0.5) is 0 Å². The van der Waals surface area contributed by atoms with Gasteiger partial charge >= 0.3 is 0 Å². The van der Waals surface area contributed by atoms with Gasteiger partial charge in [-0.05, 0) is 43.3 Å². The van der Waals surface area contributed by atoms with Crippen molar-refractivity contribution in [3.8, 4) is 5.75 Å². The molecular formula is C16H20ClNOS. The van der Waals surface area contributed by atoms with Crippen molar-refractivity contribution in [2.75, 3.05) is 20.7 Å². The van der Waals surface area contributed by atoms with Gasteiger partial charge in [0.05, 0.1) is 7.11 Å². The van der Waals surface area contributed by atoms with E-state index in [2.05, 4.69) is 49.2 Å². The second-order valence-electron chi connectivity index (χ2n) is 5.26. The number of aryl methyl sites for hydroxylation is 1. The summed E-state index contributed by atoms with van der Waals surface area (Å²) in [7, 11) is 3.91. The monoisotopic (exact) mass is 309 g/mol. The number of ether oxygens (including phenoxy) is 1. The predicted octanol–water partition coefficient (Wildman–Crippen LogP) is 4.06. The Labute approximate surface area is 130 Å². The van der Waals surface area contributed by atoms with Gasteiger partial charge in [0.2, 0.25) is 0 Å². The van der Waals surface area contributed by atoms with E-state index in [1.54, 1.807) is 7.11 Å². The number of halogens is 1. The van der Waals surface area contributed by atoms with Crippen LogP contribution in [-0.2, 0) is 6.54 Å². The summed E-state index contributed by atoms with van der Waals surface area (Å²) < 4.78 is 5.24. The number of benzene rings is 1. The van der Waals surface area contributed by atoms with Gasteiger partial charge in [-0.15, -0.1) is 23.7 Å². The SMILES string of the molecule is COc1ccc(C2CN(C)Cc3sc(C)cc32)cc1.Cl. The summed E-state index contributed by atoms with van der Waals surface area (Å²) in [4.78, 5) is 5.35. The molecule has 3 rings (SSSR count). The fourth-order valence-corrected chi connectivity index (χ4v) is 4.02. The van der Waals surface area contributed by atoms with Gasteiger partial charge in [-0.1, -0.05) is 12.1 Å². The first kappa shape index (κ1) is 15.4. The first-order chi connectivity index (χ1) is 9.17. The van der Waals surface area contributed by atoms with Crippen molar-refractivity contribution in [1.29, 1.82) is 0 Å². The van der Waals surface area contributed by atoms with Crippen molar-refractivity contribution in [1.82, 2.24) is 4.90 Å². The van der Waals surface area contributed by atoms with Crippen LogP contribution in [0.5, 0.6) is 5.75 Å². The molecule has 0 radical (unpaired) electrons. The lowest BCUT2D eigenvalue weighted by molar-refractivity contribution is 0.299. The Hall–Kier alpha value is -1.03. The van der Waals surface area contributed by atoms with Gasteiger partial charge in [-0.2, -0.15) is 0 Å². The highest BCUT2D eigenvalue weighted by Crippen LogP contribution is 2.37. The van der Waals surface area contributed by atoms with Crippen LogP contribution in [0, 0.1) is 6.92 Å². The molecule has 0 spiro atoms. The first-order valence-corrected chi connectivity index (χ1v) is 7.40. The quantitative estimate of drug-likeness (QED) is 0.829. The number of hydrogen-bond donors (Lipinski definition) is 0. The molecule has 1 aliphatic rings. The molecule has 2 aromatic rings. The van der Waals surface area contributed by atoms with Gasteiger partial charge in [-0.3, -0.25) is 0 Å². The summed E-state index contributed by atoms with van der Waals surface area (Å²) in [6.45, 7) is 4.38. The van der Waals surface area contributed by atoms with Crippen molar-refractivity contribution in [2.45, 2.75) is 19.4 Å². The molecule has 2 nitrogen and oxygen atoms in total. The van der Waals surface area contributed by atoms with Crippen LogP contribution in [0.2, 0.25) is 0 Å². The Kier molecular flexibility index (Phi) is 4.74. The summed E-state index contributed by atoms with van der Waals surface area (Å²) in [5.74, 6) is 1.42. The molecule has 1 atom stereocenters. The maximum Gasteiger partial charge on any atom is 0.118 e. The zero-order valence-corrected chi connectivity index (χ0v) is 13.7. The van der Waals surface area contributed by atoms with E-state index in [9.17, 15) is 0 Å². The summed E-state index contributed by atoms with van der Waals surface area (Å²) in [5, 5.41) is 0. The summed E-state index contributed by atoms with van der Waals surface area (Å²) in [5.41, 5.74) is 2.90. The summed E-state index contributed by atoms with van der Waals surface area (Å²) in [6, 6.07) is 10.9. The van der Waals surface area contributed by atoms with Crippen molar-refractivity contribution in [3.05, 3.63) is 51.2 Å². The van der Waals surface area contributed by atoms with E-state index < -0.39 is 0 Å². The van der Waals surface area contributed by atoms with E-state index in [1.165, 1.54) is 20.9 Å². The van der Waals surface area contributed by atoms with Crippen molar-refractivity contribution >= 4 is 23.7 Å².